The van der Waals surface area contributed by atoms with Crippen LogP contribution in [0.5, 0.6) is 0 Å². The third-order valence-corrected chi connectivity index (χ3v) is 5.17. The number of rotatable bonds is 6. The smallest absolute Gasteiger partial charge is 0.127 e. The quantitative estimate of drug-likeness (QED) is 0.781. The van der Waals surface area contributed by atoms with E-state index in [1.165, 1.54) is 38.2 Å². The third-order valence-electron chi connectivity index (χ3n) is 4.93. The summed E-state index contributed by atoms with van der Waals surface area (Å²) in [5.74, 6) is -0.176. The van der Waals surface area contributed by atoms with Gasteiger partial charge >= 0.3 is 0 Å². The zero-order valence-electron chi connectivity index (χ0n) is 12.5. The van der Waals surface area contributed by atoms with Crippen molar-refractivity contribution in [2.75, 3.05) is 6.54 Å². The molecule has 0 aliphatic heterocycles. The van der Waals surface area contributed by atoms with Crippen LogP contribution in [-0.4, -0.2) is 12.6 Å². The van der Waals surface area contributed by atoms with Crippen molar-refractivity contribution in [3.05, 3.63) is 34.6 Å². The lowest BCUT2D eigenvalue weighted by Gasteiger charge is -2.38. The highest BCUT2D eigenvalue weighted by molar-refractivity contribution is 6.30. The molecule has 0 heterocycles. The molecule has 1 aliphatic carbocycles. The van der Waals surface area contributed by atoms with Gasteiger partial charge in [-0.1, -0.05) is 44.4 Å². The molecule has 1 N–H and O–H groups in total. The summed E-state index contributed by atoms with van der Waals surface area (Å²) in [6.45, 7) is 5.33. The Balaban J connectivity index is 2.20. The summed E-state index contributed by atoms with van der Waals surface area (Å²) >= 11 is 5.84. The Kier molecular flexibility index (Phi) is 5.45. The Bertz CT molecular complexity index is 441. The molecule has 0 bridgehead atoms. The summed E-state index contributed by atoms with van der Waals surface area (Å²) in [6.07, 6.45) is 7.05. The van der Waals surface area contributed by atoms with E-state index in [1.807, 2.05) is 6.07 Å². The first kappa shape index (κ1) is 15.8. The van der Waals surface area contributed by atoms with E-state index < -0.39 is 0 Å². The molecule has 0 saturated heterocycles. The van der Waals surface area contributed by atoms with Crippen molar-refractivity contribution in [2.24, 2.45) is 5.41 Å². The molecular formula is C17H25ClFN. The molecule has 1 fully saturated rings. The third kappa shape index (κ3) is 3.35. The Morgan fingerprint density at radius 3 is 2.55 bits per heavy atom. The highest BCUT2D eigenvalue weighted by Crippen LogP contribution is 2.44. The minimum atomic E-state index is -0.176. The predicted molar refractivity (Wildman–Crippen MR) is 83.8 cm³/mol. The molecule has 112 valence electrons. The summed E-state index contributed by atoms with van der Waals surface area (Å²) in [5, 5.41) is 4.08. The topological polar surface area (TPSA) is 12.0 Å². The van der Waals surface area contributed by atoms with Gasteiger partial charge in [-0.3, -0.25) is 0 Å². The summed E-state index contributed by atoms with van der Waals surface area (Å²) in [5.41, 5.74) is 1.11. The Hall–Kier alpha value is -0.600. The molecular weight excluding hydrogens is 273 g/mol. The molecule has 1 aromatic rings. The zero-order valence-corrected chi connectivity index (χ0v) is 13.3. The van der Waals surface area contributed by atoms with Gasteiger partial charge in [-0.2, -0.15) is 0 Å². The second-order valence-corrected chi connectivity index (χ2v) is 6.41. The van der Waals surface area contributed by atoms with Gasteiger partial charge in [0, 0.05) is 11.1 Å². The fourth-order valence-corrected chi connectivity index (χ4v) is 3.85. The minimum absolute atomic E-state index is 0.176. The van der Waals surface area contributed by atoms with Crippen molar-refractivity contribution in [3.63, 3.8) is 0 Å². The molecule has 0 spiro atoms. The van der Waals surface area contributed by atoms with Crippen LogP contribution < -0.4 is 5.32 Å². The molecule has 3 heteroatoms. The van der Waals surface area contributed by atoms with Gasteiger partial charge in [0.05, 0.1) is 0 Å². The SMILES string of the molecule is CCNC(Cc1ccc(Cl)cc1F)C1(CC)CCCC1. The first-order valence-corrected chi connectivity index (χ1v) is 8.16. The minimum Gasteiger partial charge on any atom is -0.313 e. The largest absolute Gasteiger partial charge is 0.313 e. The lowest BCUT2D eigenvalue weighted by atomic mass is 9.74. The molecule has 0 radical (unpaired) electrons. The molecule has 2 rings (SSSR count). The Labute approximate surface area is 126 Å². The average molecular weight is 298 g/mol. The van der Waals surface area contributed by atoms with Gasteiger partial charge < -0.3 is 5.32 Å². The van der Waals surface area contributed by atoms with Crippen molar-refractivity contribution in [3.8, 4) is 0 Å². The molecule has 1 saturated carbocycles. The number of nitrogens with one attached hydrogen (secondary N) is 1. The maximum atomic E-state index is 14.1. The van der Waals surface area contributed by atoms with E-state index in [0.717, 1.165) is 18.5 Å². The number of benzene rings is 1. The van der Waals surface area contributed by atoms with Crippen molar-refractivity contribution in [2.45, 2.75) is 58.4 Å². The van der Waals surface area contributed by atoms with E-state index >= 15 is 0 Å². The van der Waals surface area contributed by atoms with Crippen LogP contribution in [0.25, 0.3) is 0 Å². The van der Waals surface area contributed by atoms with Crippen LogP contribution in [-0.2, 0) is 6.42 Å². The number of likely N-dealkylation sites (N-methyl/N-ethyl adjacent to an activating group) is 1. The molecule has 1 atom stereocenters. The number of hydrogen-bond donors (Lipinski definition) is 1. The van der Waals surface area contributed by atoms with Crippen LogP contribution >= 0.6 is 11.6 Å². The van der Waals surface area contributed by atoms with Crippen molar-refractivity contribution in [1.29, 1.82) is 0 Å². The molecule has 20 heavy (non-hydrogen) atoms. The molecule has 1 unspecified atom stereocenters. The van der Waals surface area contributed by atoms with Crippen LogP contribution in [0.2, 0.25) is 5.02 Å². The highest BCUT2D eigenvalue weighted by atomic mass is 35.5. The summed E-state index contributed by atoms with van der Waals surface area (Å²) in [7, 11) is 0. The van der Waals surface area contributed by atoms with Crippen molar-refractivity contribution >= 4 is 11.6 Å². The second-order valence-electron chi connectivity index (χ2n) is 5.97. The highest BCUT2D eigenvalue weighted by Gasteiger charge is 2.39. The van der Waals surface area contributed by atoms with Gasteiger partial charge in [-0.05, 0) is 55.3 Å². The first-order valence-electron chi connectivity index (χ1n) is 7.78. The Morgan fingerprint density at radius 1 is 1.30 bits per heavy atom. The summed E-state index contributed by atoms with van der Waals surface area (Å²) < 4.78 is 14.1. The van der Waals surface area contributed by atoms with Crippen LogP contribution in [0.1, 0.15) is 51.5 Å². The molecule has 1 aliphatic rings. The molecule has 1 aromatic carbocycles. The molecule has 0 amide bonds. The zero-order chi connectivity index (χ0) is 14.6. The van der Waals surface area contributed by atoms with Crippen molar-refractivity contribution in [1.82, 2.24) is 5.32 Å². The monoisotopic (exact) mass is 297 g/mol. The summed E-state index contributed by atoms with van der Waals surface area (Å²) in [4.78, 5) is 0. The number of hydrogen-bond acceptors (Lipinski definition) is 1. The van der Waals surface area contributed by atoms with E-state index in [0.29, 0.717) is 16.5 Å². The van der Waals surface area contributed by atoms with Crippen molar-refractivity contribution < 1.29 is 4.39 Å². The van der Waals surface area contributed by atoms with E-state index in [1.54, 1.807) is 6.07 Å². The summed E-state index contributed by atoms with van der Waals surface area (Å²) in [6, 6.07) is 5.40. The van der Waals surface area contributed by atoms with Gasteiger partial charge in [0.2, 0.25) is 0 Å². The van der Waals surface area contributed by atoms with E-state index in [9.17, 15) is 4.39 Å². The fourth-order valence-electron chi connectivity index (χ4n) is 3.69. The van der Waals surface area contributed by atoms with Gasteiger partial charge in [0.15, 0.2) is 0 Å². The van der Waals surface area contributed by atoms with Crippen LogP contribution in [0.3, 0.4) is 0 Å². The van der Waals surface area contributed by atoms with E-state index in [2.05, 4.69) is 19.2 Å². The van der Waals surface area contributed by atoms with Crippen LogP contribution in [0, 0.1) is 11.2 Å². The standard InChI is InChI=1S/C17H25ClFN/c1-3-17(9-5-6-10-17)16(20-4-2)11-13-7-8-14(18)12-15(13)19/h7-8,12,16,20H,3-6,9-11H2,1-2H3. The maximum Gasteiger partial charge on any atom is 0.127 e. The van der Waals surface area contributed by atoms with E-state index in [-0.39, 0.29) is 5.82 Å². The molecule has 0 aromatic heterocycles. The molecule has 1 nitrogen and oxygen atoms in total. The lowest BCUT2D eigenvalue weighted by Crippen LogP contribution is -2.45. The first-order chi connectivity index (χ1) is 9.61. The normalized spacial score (nSPS) is 19.2. The van der Waals surface area contributed by atoms with Gasteiger partial charge in [0.25, 0.3) is 0 Å². The maximum absolute atomic E-state index is 14.1. The predicted octanol–water partition coefficient (Wildman–Crippen LogP) is 4.97. The van der Waals surface area contributed by atoms with Gasteiger partial charge in [0.1, 0.15) is 5.82 Å². The fraction of sp³-hybridized carbons (Fsp3) is 0.647. The van der Waals surface area contributed by atoms with Crippen LogP contribution in [0.15, 0.2) is 18.2 Å². The Morgan fingerprint density at radius 2 is 2.00 bits per heavy atom. The lowest BCUT2D eigenvalue weighted by molar-refractivity contribution is 0.185. The van der Waals surface area contributed by atoms with Gasteiger partial charge in [-0.15, -0.1) is 0 Å². The van der Waals surface area contributed by atoms with Crippen LogP contribution in [0.4, 0.5) is 4.39 Å². The average Bonchev–Trinajstić information content (AvgIpc) is 2.91. The van der Waals surface area contributed by atoms with E-state index in [4.69, 9.17) is 11.6 Å². The number of halogens is 2. The second kappa shape index (κ2) is 6.91. The van der Waals surface area contributed by atoms with Gasteiger partial charge in [-0.25, -0.2) is 4.39 Å².